The van der Waals surface area contributed by atoms with Crippen molar-refractivity contribution in [2.75, 3.05) is 25.2 Å². The number of thiazole rings is 1. The standard InChI is InChI=1S/C36H53N2O3S/c1-5-6-7-8-9-10-11-12-13-14-15-16-24-41-35-21-20-32(26-36(35)40-4)22-23-38(31(3)39)34-19-17-18-33(25-34)28-37-27-30(2)42-29-37/h17-21,25-27,29H,5-16,22-24,28H2,1-4H3/q+1. The van der Waals surface area contributed by atoms with Crippen molar-refractivity contribution in [2.45, 2.75) is 111 Å². The van der Waals surface area contributed by atoms with Gasteiger partial charge in [0.2, 0.25) is 11.4 Å². The van der Waals surface area contributed by atoms with Crippen LogP contribution < -0.4 is 18.9 Å². The molecular weight excluding hydrogens is 540 g/mol. The summed E-state index contributed by atoms with van der Waals surface area (Å²) in [6, 6.07) is 14.4. The highest BCUT2D eigenvalue weighted by Crippen LogP contribution is 2.29. The molecule has 5 nitrogen and oxygen atoms in total. The summed E-state index contributed by atoms with van der Waals surface area (Å²) in [5.41, 5.74) is 5.36. The molecule has 6 heteroatoms. The van der Waals surface area contributed by atoms with E-state index in [1.165, 1.54) is 81.1 Å². The van der Waals surface area contributed by atoms with Crippen molar-refractivity contribution in [2.24, 2.45) is 0 Å². The molecule has 0 aliphatic carbocycles. The summed E-state index contributed by atoms with van der Waals surface area (Å²) >= 11 is 1.74. The smallest absolute Gasteiger partial charge is 0.225 e. The zero-order valence-electron chi connectivity index (χ0n) is 26.5. The Balaban J connectivity index is 1.40. The summed E-state index contributed by atoms with van der Waals surface area (Å²) < 4.78 is 13.9. The van der Waals surface area contributed by atoms with E-state index >= 15 is 0 Å². The maximum Gasteiger partial charge on any atom is 0.225 e. The van der Waals surface area contributed by atoms with Gasteiger partial charge < -0.3 is 14.4 Å². The minimum atomic E-state index is 0.0421. The second kappa shape index (κ2) is 19.4. The average Bonchev–Trinajstić information content (AvgIpc) is 3.40. The number of amides is 1. The van der Waals surface area contributed by atoms with Crippen LogP contribution in [0.3, 0.4) is 0 Å². The van der Waals surface area contributed by atoms with E-state index in [4.69, 9.17) is 9.47 Å². The molecule has 0 bridgehead atoms. The summed E-state index contributed by atoms with van der Waals surface area (Å²) in [5, 5.41) is 0. The van der Waals surface area contributed by atoms with Gasteiger partial charge in [0.25, 0.3) is 0 Å². The maximum atomic E-state index is 12.6. The van der Waals surface area contributed by atoms with Gasteiger partial charge in [0, 0.05) is 24.7 Å². The van der Waals surface area contributed by atoms with Gasteiger partial charge in [-0.2, -0.15) is 4.57 Å². The lowest BCUT2D eigenvalue weighted by Crippen LogP contribution is -2.32. The van der Waals surface area contributed by atoms with Crippen LogP contribution in [0.1, 0.15) is 107 Å². The van der Waals surface area contributed by atoms with E-state index in [1.807, 2.05) is 29.2 Å². The molecule has 0 saturated heterocycles. The van der Waals surface area contributed by atoms with Crippen LogP contribution >= 0.6 is 11.3 Å². The number of methoxy groups -OCH3 is 1. The Kier molecular flexibility index (Phi) is 15.5. The first-order valence-electron chi connectivity index (χ1n) is 16.1. The number of unbranched alkanes of at least 4 members (excludes halogenated alkanes) is 11. The monoisotopic (exact) mass is 593 g/mol. The zero-order valence-corrected chi connectivity index (χ0v) is 27.4. The third-order valence-corrected chi connectivity index (χ3v) is 8.65. The first kappa shape index (κ1) is 33.6. The van der Waals surface area contributed by atoms with Crippen LogP contribution in [0, 0.1) is 6.92 Å². The number of rotatable bonds is 21. The number of hydrogen-bond acceptors (Lipinski definition) is 4. The highest BCUT2D eigenvalue weighted by molar-refractivity contribution is 7.09. The molecule has 0 aliphatic rings. The van der Waals surface area contributed by atoms with Crippen LogP contribution in [0.2, 0.25) is 0 Å². The summed E-state index contributed by atoms with van der Waals surface area (Å²) in [5.74, 6) is 1.59. The summed E-state index contributed by atoms with van der Waals surface area (Å²) in [7, 11) is 1.69. The van der Waals surface area contributed by atoms with E-state index in [9.17, 15) is 4.79 Å². The minimum Gasteiger partial charge on any atom is -0.493 e. The van der Waals surface area contributed by atoms with Crippen LogP contribution in [0.25, 0.3) is 0 Å². The van der Waals surface area contributed by atoms with Crippen LogP contribution in [0.4, 0.5) is 5.69 Å². The number of aromatic nitrogens is 1. The van der Waals surface area contributed by atoms with E-state index in [2.05, 4.69) is 48.3 Å². The lowest BCUT2D eigenvalue weighted by atomic mass is 10.1. The molecule has 230 valence electrons. The molecule has 0 fully saturated rings. The summed E-state index contributed by atoms with van der Waals surface area (Å²) in [4.78, 5) is 15.7. The first-order chi connectivity index (χ1) is 20.5. The molecule has 0 saturated carbocycles. The molecule has 2 aromatic carbocycles. The van der Waals surface area contributed by atoms with E-state index in [-0.39, 0.29) is 5.91 Å². The normalized spacial score (nSPS) is 11.0. The van der Waals surface area contributed by atoms with Crippen molar-refractivity contribution in [3.8, 4) is 11.5 Å². The number of anilines is 1. The SMILES string of the molecule is CCCCCCCCCCCCCCOc1ccc(CCN(C(C)=O)c2cccc(C[n+]3csc(C)c3)c2)cc1OC. The number of carbonyl (C=O) groups is 1. The van der Waals surface area contributed by atoms with Gasteiger partial charge in [-0.25, -0.2) is 0 Å². The van der Waals surface area contributed by atoms with Crippen LogP contribution in [0.15, 0.2) is 54.2 Å². The third kappa shape index (κ3) is 12.2. The fourth-order valence-electron chi connectivity index (χ4n) is 5.38. The van der Waals surface area contributed by atoms with Crippen LogP contribution in [-0.4, -0.2) is 26.2 Å². The molecule has 0 unspecified atom stereocenters. The van der Waals surface area contributed by atoms with Gasteiger partial charge in [-0.05, 0) is 49.6 Å². The largest absolute Gasteiger partial charge is 0.493 e. The number of nitrogens with zero attached hydrogens (tertiary/aromatic N) is 2. The lowest BCUT2D eigenvalue weighted by Gasteiger charge is -2.22. The third-order valence-electron chi connectivity index (χ3n) is 7.80. The van der Waals surface area contributed by atoms with E-state index < -0.39 is 0 Å². The second-order valence-electron chi connectivity index (χ2n) is 11.4. The average molecular weight is 594 g/mol. The fraction of sp³-hybridized carbons (Fsp3) is 0.556. The topological polar surface area (TPSA) is 42.7 Å². The van der Waals surface area contributed by atoms with Gasteiger partial charge in [-0.1, -0.05) is 107 Å². The summed E-state index contributed by atoms with van der Waals surface area (Å²) in [6.45, 7) is 8.14. The van der Waals surface area contributed by atoms with E-state index in [0.29, 0.717) is 13.2 Å². The Bertz CT molecular complexity index is 1190. The van der Waals surface area contributed by atoms with Crippen molar-refractivity contribution in [1.29, 1.82) is 0 Å². The quantitative estimate of drug-likeness (QED) is 0.0914. The number of aryl methyl sites for hydroxylation is 1. The number of hydrogen-bond donors (Lipinski definition) is 0. The van der Waals surface area contributed by atoms with Gasteiger partial charge in [-0.15, -0.1) is 0 Å². The maximum absolute atomic E-state index is 12.6. The Labute approximate surface area is 258 Å². The van der Waals surface area contributed by atoms with Gasteiger partial charge in [0.1, 0.15) is 0 Å². The number of benzene rings is 2. The molecular formula is C36H53N2O3S+. The van der Waals surface area contributed by atoms with E-state index in [1.54, 1.807) is 25.4 Å². The molecule has 0 atom stereocenters. The van der Waals surface area contributed by atoms with Gasteiger partial charge in [0.15, 0.2) is 24.2 Å². The summed E-state index contributed by atoms with van der Waals surface area (Å²) in [6.07, 6.45) is 18.9. The Morgan fingerprint density at radius 3 is 2.17 bits per heavy atom. The number of ether oxygens (including phenoxy) is 2. The Morgan fingerprint density at radius 1 is 0.857 bits per heavy atom. The molecule has 0 radical (unpaired) electrons. The highest BCUT2D eigenvalue weighted by Gasteiger charge is 2.15. The molecule has 3 aromatic rings. The van der Waals surface area contributed by atoms with Crippen molar-refractivity contribution in [1.82, 2.24) is 0 Å². The minimum absolute atomic E-state index is 0.0421. The molecule has 1 aromatic heterocycles. The van der Waals surface area contributed by atoms with Gasteiger partial charge >= 0.3 is 0 Å². The predicted molar refractivity (Wildman–Crippen MR) is 176 cm³/mol. The molecule has 0 N–H and O–H groups in total. The molecule has 1 heterocycles. The van der Waals surface area contributed by atoms with Crippen LogP contribution in [0.5, 0.6) is 11.5 Å². The molecule has 42 heavy (non-hydrogen) atoms. The molecule has 0 spiro atoms. The highest BCUT2D eigenvalue weighted by atomic mass is 32.1. The van der Waals surface area contributed by atoms with Crippen molar-refractivity contribution >= 4 is 22.9 Å². The van der Waals surface area contributed by atoms with Crippen molar-refractivity contribution in [3.63, 3.8) is 0 Å². The zero-order chi connectivity index (χ0) is 30.0. The molecule has 1 amide bonds. The Morgan fingerprint density at radius 2 is 1.55 bits per heavy atom. The van der Waals surface area contributed by atoms with Crippen LogP contribution in [-0.2, 0) is 17.8 Å². The molecule has 3 rings (SSSR count). The van der Waals surface area contributed by atoms with E-state index in [0.717, 1.165) is 42.1 Å². The molecule has 0 aliphatic heterocycles. The van der Waals surface area contributed by atoms with Gasteiger partial charge in [0.05, 0.1) is 18.6 Å². The van der Waals surface area contributed by atoms with Crippen molar-refractivity contribution in [3.05, 3.63) is 70.2 Å². The predicted octanol–water partition coefficient (Wildman–Crippen LogP) is 9.08. The fourth-order valence-corrected chi connectivity index (χ4v) is 6.02. The van der Waals surface area contributed by atoms with Crippen molar-refractivity contribution < 1.29 is 18.8 Å². The number of carbonyl (C=O) groups excluding carboxylic acids is 1. The lowest BCUT2D eigenvalue weighted by molar-refractivity contribution is -0.683. The second-order valence-corrected chi connectivity index (χ2v) is 12.5. The Hall–Kier alpha value is -2.86. The first-order valence-corrected chi connectivity index (χ1v) is 17.0. The van der Waals surface area contributed by atoms with Gasteiger partial charge in [-0.3, -0.25) is 4.79 Å².